The number of urea groups is 1. The lowest BCUT2D eigenvalue weighted by Crippen LogP contribution is -2.53. The van der Waals surface area contributed by atoms with Gasteiger partial charge in [-0.15, -0.1) is 0 Å². The summed E-state index contributed by atoms with van der Waals surface area (Å²) in [6, 6.07) is 4.70. The van der Waals surface area contributed by atoms with E-state index in [2.05, 4.69) is 0 Å². The van der Waals surface area contributed by atoms with Crippen LogP contribution in [0.15, 0.2) is 24.3 Å². The molecule has 2 aliphatic rings. The first-order chi connectivity index (χ1) is 13.6. The van der Waals surface area contributed by atoms with Crippen molar-refractivity contribution in [3.63, 3.8) is 0 Å². The van der Waals surface area contributed by atoms with Crippen LogP contribution in [-0.4, -0.2) is 65.3 Å². The van der Waals surface area contributed by atoms with Gasteiger partial charge in [-0.1, -0.05) is 12.1 Å². The number of carbonyl (C=O) groups excluding carboxylic acids is 2. The van der Waals surface area contributed by atoms with E-state index in [1.54, 1.807) is 9.80 Å². The van der Waals surface area contributed by atoms with Crippen molar-refractivity contribution in [3.8, 4) is 0 Å². The van der Waals surface area contributed by atoms with Crippen molar-refractivity contribution in [2.45, 2.75) is 50.5 Å². The first kappa shape index (κ1) is 21.4. The third kappa shape index (κ3) is 5.41. The molecule has 2 aliphatic heterocycles. The number of benzene rings is 1. The van der Waals surface area contributed by atoms with Crippen molar-refractivity contribution < 1.29 is 32.6 Å². The molecule has 1 aromatic carbocycles. The van der Waals surface area contributed by atoms with Crippen molar-refractivity contribution in [2.24, 2.45) is 0 Å². The summed E-state index contributed by atoms with van der Waals surface area (Å²) in [7, 11) is 0. The first-order valence-electron chi connectivity index (χ1n) is 9.69. The van der Waals surface area contributed by atoms with Crippen LogP contribution in [0, 0.1) is 0 Å². The van der Waals surface area contributed by atoms with Crippen molar-refractivity contribution >= 4 is 12.0 Å². The molecule has 3 rings (SSSR count). The Labute approximate surface area is 167 Å². The van der Waals surface area contributed by atoms with E-state index in [4.69, 9.17) is 4.74 Å². The molecule has 1 aromatic rings. The lowest BCUT2D eigenvalue weighted by Gasteiger charge is -2.41. The largest absolute Gasteiger partial charge is 0.461 e. The lowest BCUT2D eigenvalue weighted by atomic mass is 9.88. The Morgan fingerprint density at radius 3 is 2.24 bits per heavy atom. The fraction of sp³-hybridized carbons (Fsp3) is 0.600. The van der Waals surface area contributed by atoms with Gasteiger partial charge in [0.25, 0.3) is 0 Å². The van der Waals surface area contributed by atoms with Crippen LogP contribution in [0.2, 0.25) is 0 Å². The van der Waals surface area contributed by atoms with Crippen LogP contribution in [0.25, 0.3) is 0 Å². The van der Waals surface area contributed by atoms with Crippen LogP contribution in [-0.2, 0) is 15.7 Å². The predicted molar refractivity (Wildman–Crippen MR) is 98.1 cm³/mol. The summed E-state index contributed by atoms with van der Waals surface area (Å²) in [5.74, 6) is -0.703. The van der Waals surface area contributed by atoms with Crippen LogP contribution in [0.5, 0.6) is 0 Å². The van der Waals surface area contributed by atoms with Gasteiger partial charge in [-0.25, -0.2) is 4.79 Å². The summed E-state index contributed by atoms with van der Waals surface area (Å²) in [5, 5.41) is 9.64. The maximum atomic E-state index is 12.9. The van der Waals surface area contributed by atoms with Gasteiger partial charge in [0, 0.05) is 32.5 Å². The predicted octanol–water partition coefficient (Wildman–Crippen LogP) is 3.00. The van der Waals surface area contributed by atoms with Crippen LogP contribution in [0.3, 0.4) is 0 Å². The van der Waals surface area contributed by atoms with E-state index in [1.807, 2.05) is 0 Å². The molecule has 160 valence electrons. The van der Waals surface area contributed by atoms with Gasteiger partial charge in [0.15, 0.2) is 0 Å². The highest BCUT2D eigenvalue weighted by atomic mass is 19.4. The minimum atomic E-state index is -4.41. The summed E-state index contributed by atoms with van der Waals surface area (Å²) in [4.78, 5) is 27.6. The van der Waals surface area contributed by atoms with Crippen molar-refractivity contribution in [3.05, 3.63) is 35.4 Å². The van der Waals surface area contributed by atoms with Crippen molar-refractivity contribution in [1.29, 1.82) is 0 Å². The van der Waals surface area contributed by atoms with E-state index in [-0.39, 0.29) is 18.5 Å². The number of alkyl halides is 3. The fourth-order valence-corrected chi connectivity index (χ4v) is 3.97. The average Bonchev–Trinajstić information content (AvgIpc) is 2.66. The molecule has 2 saturated heterocycles. The fourth-order valence-electron chi connectivity index (χ4n) is 3.97. The topological polar surface area (TPSA) is 70.1 Å². The Kier molecular flexibility index (Phi) is 6.36. The number of rotatable bonds is 2. The van der Waals surface area contributed by atoms with Crippen LogP contribution in [0.4, 0.5) is 18.0 Å². The smallest absolute Gasteiger partial charge is 0.416 e. The minimum absolute atomic E-state index is 0.203. The van der Waals surface area contributed by atoms with Gasteiger partial charge >= 0.3 is 18.2 Å². The van der Waals surface area contributed by atoms with Gasteiger partial charge < -0.3 is 19.6 Å². The van der Waals surface area contributed by atoms with Crippen molar-refractivity contribution in [1.82, 2.24) is 9.80 Å². The number of carbonyl (C=O) groups is 2. The molecule has 2 fully saturated rings. The number of aliphatic hydroxyl groups excluding tert-OH is 1. The van der Waals surface area contributed by atoms with Crippen LogP contribution < -0.4 is 0 Å². The average molecular weight is 414 g/mol. The number of nitrogens with zero attached hydrogens (tertiary/aromatic N) is 2. The Morgan fingerprint density at radius 1 is 1.07 bits per heavy atom. The van der Waals surface area contributed by atoms with E-state index in [9.17, 15) is 27.9 Å². The summed E-state index contributed by atoms with van der Waals surface area (Å²) in [5.41, 5.74) is -0.0601. The zero-order valence-corrected chi connectivity index (χ0v) is 16.2. The third-order valence-corrected chi connectivity index (χ3v) is 5.46. The number of amides is 2. The van der Waals surface area contributed by atoms with Gasteiger partial charge in [-0.05, 0) is 37.0 Å². The molecule has 29 heavy (non-hydrogen) atoms. The van der Waals surface area contributed by atoms with E-state index in [0.29, 0.717) is 44.5 Å². The molecule has 2 atom stereocenters. The molecule has 2 amide bonds. The molecular formula is C20H25F3N2O4. The minimum Gasteiger partial charge on any atom is -0.461 e. The molecule has 6 nitrogen and oxygen atoms in total. The van der Waals surface area contributed by atoms with E-state index >= 15 is 0 Å². The molecule has 0 bridgehead atoms. The number of ether oxygens (including phenoxy) is 1. The second-order valence-electron chi connectivity index (χ2n) is 7.69. The summed E-state index contributed by atoms with van der Waals surface area (Å²) < 4.78 is 43.8. The number of hydrogen-bond acceptors (Lipinski definition) is 4. The maximum absolute atomic E-state index is 12.9. The lowest BCUT2D eigenvalue weighted by molar-refractivity contribution is -0.148. The van der Waals surface area contributed by atoms with E-state index in [1.165, 1.54) is 19.1 Å². The Bertz CT molecular complexity index is 730. The van der Waals surface area contributed by atoms with Gasteiger partial charge in [-0.2, -0.15) is 13.2 Å². The molecule has 9 heteroatoms. The Balaban J connectivity index is 1.76. The number of aliphatic hydroxyl groups is 1. The summed E-state index contributed by atoms with van der Waals surface area (Å²) in [6.45, 7) is 2.76. The van der Waals surface area contributed by atoms with Gasteiger partial charge in [0.05, 0.1) is 18.2 Å². The molecule has 0 radical (unpaired) electrons. The summed E-state index contributed by atoms with van der Waals surface area (Å²) in [6.07, 6.45) is -3.88. The third-order valence-electron chi connectivity index (χ3n) is 5.46. The normalized spacial score (nSPS) is 23.8. The maximum Gasteiger partial charge on any atom is 0.416 e. The zero-order valence-electron chi connectivity index (χ0n) is 16.2. The highest BCUT2D eigenvalue weighted by Gasteiger charge is 2.36. The van der Waals surface area contributed by atoms with E-state index in [0.717, 1.165) is 12.1 Å². The first-order valence-corrected chi connectivity index (χ1v) is 9.69. The number of piperidine rings is 2. The van der Waals surface area contributed by atoms with Crippen LogP contribution >= 0.6 is 0 Å². The SMILES string of the molecule is CC(=O)OC1CC(c2ccc(C(F)(F)F)cc2)CN(C(=O)N2CCC(O)CC2)C1. The zero-order chi connectivity index (χ0) is 21.2. The molecule has 2 unspecified atom stereocenters. The molecule has 0 aromatic heterocycles. The quantitative estimate of drug-likeness (QED) is 0.756. The monoisotopic (exact) mass is 414 g/mol. The van der Waals surface area contributed by atoms with Gasteiger partial charge in [0.1, 0.15) is 6.10 Å². The van der Waals surface area contributed by atoms with E-state index < -0.39 is 29.9 Å². The molecule has 1 N–H and O–H groups in total. The molecule has 0 aliphatic carbocycles. The van der Waals surface area contributed by atoms with Gasteiger partial charge in [-0.3, -0.25) is 4.79 Å². The number of likely N-dealkylation sites (tertiary alicyclic amines) is 2. The highest BCUT2D eigenvalue weighted by Crippen LogP contribution is 2.33. The molecule has 2 heterocycles. The Morgan fingerprint density at radius 2 is 1.69 bits per heavy atom. The van der Waals surface area contributed by atoms with Crippen molar-refractivity contribution in [2.75, 3.05) is 26.2 Å². The van der Waals surface area contributed by atoms with Crippen LogP contribution in [0.1, 0.15) is 43.2 Å². The Hall–Kier alpha value is -2.29. The number of esters is 1. The number of halogens is 3. The molecule has 0 saturated carbocycles. The second kappa shape index (κ2) is 8.61. The highest BCUT2D eigenvalue weighted by molar-refractivity contribution is 5.75. The number of hydrogen-bond donors (Lipinski definition) is 1. The standard InChI is InChI=1S/C20H25F3N2O4/c1-13(26)29-18-10-15(14-2-4-16(5-3-14)20(21,22)23)11-25(12-18)19(28)24-8-6-17(27)7-9-24/h2-5,15,17-18,27H,6-12H2,1H3. The second-order valence-corrected chi connectivity index (χ2v) is 7.69. The molecule has 0 spiro atoms. The van der Waals surface area contributed by atoms with Gasteiger partial charge in [0.2, 0.25) is 0 Å². The molecular weight excluding hydrogens is 389 g/mol. The summed E-state index contributed by atoms with van der Waals surface area (Å²) >= 11 is 0.